The molecule has 0 aliphatic heterocycles. The molecule has 106 valence electrons. The van der Waals surface area contributed by atoms with Gasteiger partial charge in [-0.15, -0.1) is 0 Å². The largest absolute Gasteiger partial charge is 0.426 e. The predicted octanol–water partition coefficient (Wildman–Crippen LogP) is 3.67. The second-order valence-corrected chi connectivity index (χ2v) is 5.70. The first-order chi connectivity index (χ1) is 7.93. The zero-order valence-electron chi connectivity index (χ0n) is 9.70. The average molecular weight is 276 g/mol. The Morgan fingerprint density at radius 2 is 1.50 bits per heavy atom. The van der Waals surface area contributed by atoms with Crippen molar-refractivity contribution in [2.45, 2.75) is 50.6 Å². The van der Waals surface area contributed by atoms with Gasteiger partial charge in [-0.3, -0.25) is 0 Å². The molecular weight excluding hydrogens is 262 g/mol. The summed E-state index contributed by atoms with van der Waals surface area (Å²) in [6.45, 7) is 0.928. The standard InChI is InChI=1S/C11H14F6O/c1-8(5-6-2-3-7(8)4-6)9(18,10(12,13)14)11(15,16)17/h6-7,18H,2-5H2,1H3. The predicted molar refractivity (Wildman–Crippen MR) is 50.6 cm³/mol. The summed E-state index contributed by atoms with van der Waals surface area (Å²) in [6, 6.07) is 0. The summed E-state index contributed by atoms with van der Waals surface area (Å²) < 4.78 is 77.1. The van der Waals surface area contributed by atoms with Gasteiger partial charge in [-0.05, 0) is 31.1 Å². The average Bonchev–Trinajstić information content (AvgIpc) is 2.72. The van der Waals surface area contributed by atoms with Crippen LogP contribution >= 0.6 is 0 Å². The van der Waals surface area contributed by atoms with Gasteiger partial charge in [0.2, 0.25) is 0 Å². The highest BCUT2D eigenvalue weighted by Gasteiger charge is 2.80. The van der Waals surface area contributed by atoms with Gasteiger partial charge >= 0.3 is 12.4 Å². The lowest BCUT2D eigenvalue weighted by Crippen LogP contribution is -2.67. The van der Waals surface area contributed by atoms with Gasteiger partial charge in [0, 0.05) is 5.41 Å². The second-order valence-electron chi connectivity index (χ2n) is 5.70. The van der Waals surface area contributed by atoms with E-state index in [1.165, 1.54) is 0 Å². The number of hydrogen-bond donors (Lipinski definition) is 1. The van der Waals surface area contributed by atoms with Crippen LogP contribution in [0.25, 0.3) is 0 Å². The van der Waals surface area contributed by atoms with Crippen LogP contribution in [0.15, 0.2) is 0 Å². The fourth-order valence-electron chi connectivity index (χ4n) is 3.86. The number of halogens is 6. The van der Waals surface area contributed by atoms with Crippen molar-refractivity contribution >= 4 is 0 Å². The van der Waals surface area contributed by atoms with E-state index in [1.54, 1.807) is 0 Å². The summed E-state index contributed by atoms with van der Waals surface area (Å²) in [4.78, 5) is 0. The van der Waals surface area contributed by atoms with Crippen molar-refractivity contribution in [3.63, 3.8) is 0 Å². The van der Waals surface area contributed by atoms with Crippen LogP contribution in [0.1, 0.15) is 32.6 Å². The molecule has 0 aromatic rings. The molecule has 2 aliphatic rings. The molecule has 2 fully saturated rings. The van der Waals surface area contributed by atoms with Crippen LogP contribution in [0.5, 0.6) is 0 Å². The van der Waals surface area contributed by atoms with Gasteiger partial charge in [0.25, 0.3) is 5.60 Å². The van der Waals surface area contributed by atoms with Gasteiger partial charge in [0.1, 0.15) is 0 Å². The Labute approximate surface area is 100 Å². The van der Waals surface area contributed by atoms with E-state index in [4.69, 9.17) is 0 Å². The van der Waals surface area contributed by atoms with Crippen molar-refractivity contribution in [3.05, 3.63) is 0 Å². The fraction of sp³-hybridized carbons (Fsp3) is 1.00. The summed E-state index contributed by atoms with van der Waals surface area (Å²) in [5.41, 5.74) is -6.76. The minimum absolute atomic E-state index is 0.128. The zero-order chi connectivity index (χ0) is 14.0. The first kappa shape index (κ1) is 14.0. The molecule has 2 saturated carbocycles. The summed E-state index contributed by atoms with van der Waals surface area (Å²) >= 11 is 0. The number of hydrogen-bond acceptors (Lipinski definition) is 1. The number of aliphatic hydroxyl groups is 1. The molecule has 2 rings (SSSR count). The quantitative estimate of drug-likeness (QED) is 0.724. The lowest BCUT2D eigenvalue weighted by molar-refractivity contribution is -0.407. The van der Waals surface area contributed by atoms with Gasteiger partial charge in [0.15, 0.2) is 0 Å². The Morgan fingerprint density at radius 3 is 1.78 bits per heavy atom. The van der Waals surface area contributed by atoms with Gasteiger partial charge < -0.3 is 5.11 Å². The van der Waals surface area contributed by atoms with Crippen LogP contribution < -0.4 is 0 Å². The molecule has 2 bridgehead atoms. The van der Waals surface area contributed by atoms with E-state index in [0.717, 1.165) is 6.92 Å². The summed E-state index contributed by atoms with van der Waals surface area (Å²) in [5.74, 6) is -0.841. The van der Waals surface area contributed by atoms with E-state index < -0.39 is 29.3 Å². The maximum atomic E-state index is 12.9. The van der Waals surface area contributed by atoms with Gasteiger partial charge in [-0.1, -0.05) is 13.3 Å². The van der Waals surface area contributed by atoms with E-state index in [2.05, 4.69) is 0 Å². The monoisotopic (exact) mass is 276 g/mol. The first-order valence-electron chi connectivity index (χ1n) is 5.79. The summed E-state index contributed by atoms with van der Waals surface area (Å²) in [6.07, 6.45) is -10.3. The summed E-state index contributed by atoms with van der Waals surface area (Å²) in [7, 11) is 0. The van der Waals surface area contributed by atoms with Gasteiger partial charge in [-0.2, -0.15) is 26.3 Å². The van der Waals surface area contributed by atoms with Crippen LogP contribution in [-0.4, -0.2) is 23.1 Å². The molecule has 3 atom stereocenters. The molecule has 0 aromatic heterocycles. The van der Waals surface area contributed by atoms with Crippen molar-refractivity contribution in [1.29, 1.82) is 0 Å². The molecule has 0 radical (unpaired) electrons. The number of fused-ring (bicyclic) bond motifs is 2. The molecule has 0 heterocycles. The van der Waals surface area contributed by atoms with Crippen molar-refractivity contribution in [2.75, 3.05) is 0 Å². The molecule has 1 nitrogen and oxygen atoms in total. The second kappa shape index (κ2) is 3.55. The third-order valence-electron chi connectivity index (χ3n) is 4.80. The smallest absolute Gasteiger partial charge is 0.373 e. The third kappa shape index (κ3) is 1.52. The Morgan fingerprint density at radius 1 is 1.00 bits per heavy atom. The Balaban J connectivity index is 2.49. The van der Waals surface area contributed by atoms with Crippen LogP contribution in [-0.2, 0) is 0 Å². The SMILES string of the molecule is CC1(C(O)(C(F)(F)F)C(F)(F)F)CC2CCC1C2. The molecular formula is C11H14F6O. The van der Waals surface area contributed by atoms with Crippen LogP contribution in [0.4, 0.5) is 26.3 Å². The highest BCUT2D eigenvalue weighted by molar-refractivity contribution is 5.14. The minimum atomic E-state index is -5.70. The van der Waals surface area contributed by atoms with E-state index in [1.807, 2.05) is 0 Å². The van der Waals surface area contributed by atoms with Crippen molar-refractivity contribution in [1.82, 2.24) is 0 Å². The molecule has 0 amide bonds. The van der Waals surface area contributed by atoms with Gasteiger partial charge in [0.05, 0.1) is 0 Å². The van der Waals surface area contributed by atoms with Crippen LogP contribution in [0.2, 0.25) is 0 Å². The van der Waals surface area contributed by atoms with E-state index in [9.17, 15) is 31.4 Å². The Hall–Kier alpha value is -0.460. The van der Waals surface area contributed by atoms with E-state index in [-0.39, 0.29) is 12.3 Å². The molecule has 18 heavy (non-hydrogen) atoms. The van der Waals surface area contributed by atoms with E-state index >= 15 is 0 Å². The van der Waals surface area contributed by atoms with Crippen molar-refractivity contribution in [3.8, 4) is 0 Å². The van der Waals surface area contributed by atoms with Crippen LogP contribution in [0.3, 0.4) is 0 Å². The molecule has 7 heteroatoms. The molecule has 0 spiro atoms. The molecule has 0 saturated heterocycles. The molecule has 2 aliphatic carbocycles. The number of alkyl halides is 6. The molecule has 1 N–H and O–H groups in total. The zero-order valence-corrected chi connectivity index (χ0v) is 9.70. The van der Waals surface area contributed by atoms with Crippen molar-refractivity contribution < 1.29 is 31.4 Å². The third-order valence-corrected chi connectivity index (χ3v) is 4.80. The highest BCUT2D eigenvalue weighted by Crippen LogP contribution is 2.66. The fourth-order valence-corrected chi connectivity index (χ4v) is 3.86. The first-order valence-corrected chi connectivity index (χ1v) is 5.79. The lowest BCUT2D eigenvalue weighted by Gasteiger charge is -2.48. The minimum Gasteiger partial charge on any atom is -0.373 e. The maximum Gasteiger partial charge on any atom is 0.426 e. The maximum absolute atomic E-state index is 12.9. The normalized spacial score (nSPS) is 37.3. The summed E-state index contributed by atoms with van der Waals surface area (Å²) in [5, 5.41) is 9.52. The Kier molecular flexibility index (Phi) is 2.75. The lowest BCUT2D eigenvalue weighted by atomic mass is 9.62. The number of rotatable bonds is 1. The topological polar surface area (TPSA) is 20.2 Å². The molecule has 0 aromatic carbocycles. The van der Waals surface area contributed by atoms with Crippen LogP contribution in [0, 0.1) is 17.3 Å². The van der Waals surface area contributed by atoms with Gasteiger partial charge in [-0.25, -0.2) is 0 Å². The molecule has 3 unspecified atom stereocenters. The van der Waals surface area contributed by atoms with Crippen molar-refractivity contribution in [2.24, 2.45) is 17.3 Å². The van der Waals surface area contributed by atoms with E-state index in [0.29, 0.717) is 19.3 Å². The highest BCUT2D eigenvalue weighted by atomic mass is 19.4. The Bertz CT molecular complexity index is 332.